The number of hydrogen-bond acceptors (Lipinski definition) is 4. The van der Waals surface area contributed by atoms with Crippen molar-refractivity contribution in [1.29, 1.82) is 0 Å². The minimum Gasteiger partial charge on any atom is -0.497 e. The second-order valence-corrected chi connectivity index (χ2v) is 3.98. The molecule has 4 heteroatoms. The number of benzene rings is 2. The first kappa shape index (κ1) is 11.7. The van der Waals surface area contributed by atoms with Crippen LogP contribution in [0, 0.1) is 0 Å². The zero-order chi connectivity index (χ0) is 12.3. The zero-order valence-corrected chi connectivity index (χ0v) is 10.3. The third-order valence-corrected chi connectivity index (χ3v) is 2.68. The van der Waals surface area contributed by atoms with Crippen molar-refractivity contribution in [1.82, 2.24) is 0 Å². The van der Waals surface area contributed by atoms with Crippen molar-refractivity contribution in [2.45, 2.75) is 4.90 Å². The maximum Gasteiger partial charge on any atom is 0.128 e. The Hall–Kier alpha value is -1.81. The highest BCUT2D eigenvalue weighted by atomic mass is 32.1. The van der Waals surface area contributed by atoms with Gasteiger partial charge in [-0.15, -0.1) is 12.6 Å². The Kier molecular flexibility index (Phi) is 3.44. The maximum atomic E-state index is 5.67. The fourth-order valence-electron chi connectivity index (χ4n) is 1.37. The van der Waals surface area contributed by atoms with Gasteiger partial charge in [-0.25, -0.2) is 0 Å². The number of methoxy groups -OCH3 is 1. The van der Waals surface area contributed by atoms with Crippen molar-refractivity contribution in [3.05, 3.63) is 42.5 Å². The van der Waals surface area contributed by atoms with E-state index >= 15 is 0 Å². The van der Waals surface area contributed by atoms with Crippen LogP contribution in [-0.2, 0) is 0 Å². The molecule has 3 nitrogen and oxygen atoms in total. The van der Waals surface area contributed by atoms with Crippen LogP contribution in [0.2, 0.25) is 0 Å². The molecule has 17 heavy (non-hydrogen) atoms. The molecule has 2 N–H and O–H groups in total. The van der Waals surface area contributed by atoms with E-state index in [2.05, 4.69) is 12.6 Å². The first-order chi connectivity index (χ1) is 8.19. The van der Waals surface area contributed by atoms with Crippen molar-refractivity contribution in [2.24, 2.45) is 0 Å². The van der Waals surface area contributed by atoms with Crippen LogP contribution in [0.15, 0.2) is 47.4 Å². The molecule has 0 saturated carbocycles. The van der Waals surface area contributed by atoms with Crippen molar-refractivity contribution in [2.75, 3.05) is 12.8 Å². The van der Waals surface area contributed by atoms with Crippen molar-refractivity contribution in [3.8, 4) is 17.2 Å². The predicted octanol–water partition coefficient (Wildman–Crippen LogP) is 3.36. The van der Waals surface area contributed by atoms with E-state index in [1.807, 2.05) is 24.3 Å². The largest absolute Gasteiger partial charge is 0.497 e. The Morgan fingerprint density at radius 2 is 1.53 bits per heavy atom. The molecule has 2 aromatic carbocycles. The third-order valence-electron chi connectivity index (χ3n) is 2.30. The highest BCUT2D eigenvalue weighted by Crippen LogP contribution is 2.27. The molecular formula is C13H13NO2S. The van der Waals surface area contributed by atoms with Crippen molar-refractivity contribution >= 4 is 18.3 Å². The lowest BCUT2D eigenvalue weighted by Gasteiger charge is -2.08. The molecular weight excluding hydrogens is 234 g/mol. The Labute approximate surface area is 106 Å². The molecule has 0 unspecified atom stereocenters. The standard InChI is InChI=1S/C13H13NO2S/c1-15-9-2-4-10(5-3-9)16-11-6-7-12(14)13(17)8-11/h2-8,17H,14H2,1H3. The molecule has 0 fully saturated rings. The van der Waals surface area contributed by atoms with E-state index in [4.69, 9.17) is 15.2 Å². The summed E-state index contributed by atoms with van der Waals surface area (Å²) in [5.41, 5.74) is 6.31. The van der Waals surface area contributed by atoms with E-state index in [9.17, 15) is 0 Å². The minimum atomic E-state index is 0.635. The Morgan fingerprint density at radius 1 is 0.941 bits per heavy atom. The first-order valence-corrected chi connectivity index (χ1v) is 5.54. The van der Waals surface area contributed by atoms with Gasteiger partial charge in [0.05, 0.1) is 7.11 Å². The average Bonchev–Trinajstić information content (AvgIpc) is 2.35. The summed E-state index contributed by atoms with van der Waals surface area (Å²) in [5.74, 6) is 2.24. The quantitative estimate of drug-likeness (QED) is 0.645. The van der Waals surface area contributed by atoms with Gasteiger partial charge in [-0.3, -0.25) is 0 Å². The van der Waals surface area contributed by atoms with Crippen molar-refractivity contribution < 1.29 is 9.47 Å². The molecule has 0 saturated heterocycles. The Bertz CT molecular complexity index is 511. The van der Waals surface area contributed by atoms with Gasteiger partial charge in [0, 0.05) is 10.6 Å². The number of ether oxygens (including phenoxy) is 2. The molecule has 0 spiro atoms. The van der Waals surface area contributed by atoms with E-state index in [1.165, 1.54) is 0 Å². The number of nitrogen functional groups attached to an aromatic ring is 1. The fraction of sp³-hybridized carbons (Fsp3) is 0.0769. The Balaban J connectivity index is 2.16. The van der Waals surface area contributed by atoms with Crippen LogP contribution in [0.25, 0.3) is 0 Å². The molecule has 0 aromatic heterocycles. The molecule has 0 atom stereocenters. The van der Waals surface area contributed by atoms with Gasteiger partial charge in [-0.2, -0.15) is 0 Å². The van der Waals surface area contributed by atoms with Crippen LogP contribution >= 0.6 is 12.6 Å². The molecule has 0 aliphatic heterocycles. The van der Waals surface area contributed by atoms with E-state index < -0.39 is 0 Å². The summed E-state index contributed by atoms with van der Waals surface area (Å²) < 4.78 is 10.7. The lowest BCUT2D eigenvalue weighted by atomic mass is 10.3. The lowest BCUT2D eigenvalue weighted by Crippen LogP contribution is -1.89. The summed E-state index contributed by atoms with van der Waals surface area (Å²) in [6.45, 7) is 0. The number of thiol groups is 1. The van der Waals surface area contributed by atoms with Gasteiger partial charge in [0.25, 0.3) is 0 Å². The lowest BCUT2D eigenvalue weighted by molar-refractivity contribution is 0.413. The number of nitrogens with two attached hydrogens (primary N) is 1. The highest BCUT2D eigenvalue weighted by molar-refractivity contribution is 7.80. The monoisotopic (exact) mass is 247 g/mol. The van der Waals surface area contributed by atoms with Gasteiger partial charge >= 0.3 is 0 Å². The van der Waals surface area contributed by atoms with Crippen LogP contribution in [-0.4, -0.2) is 7.11 Å². The van der Waals surface area contributed by atoms with Crippen LogP contribution < -0.4 is 15.2 Å². The normalized spacial score (nSPS) is 10.0. The summed E-state index contributed by atoms with van der Waals surface area (Å²) in [4.78, 5) is 0.705. The average molecular weight is 247 g/mol. The van der Waals surface area contributed by atoms with Gasteiger partial charge in [0.2, 0.25) is 0 Å². The molecule has 0 aliphatic carbocycles. The second-order valence-electron chi connectivity index (χ2n) is 3.50. The van der Waals surface area contributed by atoms with Gasteiger partial charge in [0.15, 0.2) is 0 Å². The van der Waals surface area contributed by atoms with E-state index in [0.29, 0.717) is 16.3 Å². The first-order valence-electron chi connectivity index (χ1n) is 5.09. The van der Waals surface area contributed by atoms with Gasteiger partial charge in [0.1, 0.15) is 17.2 Å². The molecule has 2 rings (SSSR count). The van der Waals surface area contributed by atoms with E-state index in [1.54, 1.807) is 25.3 Å². The number of hydrogen-bond donors (Lipinski definition) is 2. The topological polar surface area (TPSA) is 44.5 Å². The third kappa shape index (κ3) is 2.85. The van der Waals surface area contributed by atoms with Crippen LogP contribution in [0.5, 0.6) is 17.2 Å². The zero-order valence-electron chi connectivity index (χ0n) is 9.38. The summed E-state index contributed by atoms with van der Waals surface area (Å²) in [5, 5.41) is 0. The van der Waals surface area contributed by atoms with E-state index in [-0.39, 0.29) is 0 Å². The smallest absolute Gasteiger partial charge is 0.128 e. The van der Waals surface area contributed by atoms with E-state index in [0.717, 1.165) is 11.5 Å². The van der Waals surface area contributed by atoms with Crippen LogP contribution in [0.4, 0.5) is 5.69 Å². The van der Waals surface area contributed by atoms with Gasteiger partial charge in [-0.1, -0.05) is 0 Å². The van der Waals surface area contributed by atoms with Crippen LogP contribution in [0.3, 0.4) is 0 Å². The molecule has 88 valence electrons. The fourth-order valence-corrected chi connectivity index (χ4v) is 1.57. The summed E-state index contributed by atoms with van der Waals surface area (Å²) in [6.07, 6.45) is 0. The molecule has 0 radical (unpaired) electrons. The predicted molar refractivity (Wildman–Crippen MR) is 71.2 cm³/mol. The second kappa shape index (κ2) is 5.01. The minimum absolute atomic E-state index is 0.635. The van der Waals surface area contributed by atoms with Crippen LogP contribution in [0.1, 0.15) is 0 Å². The molecule has 0 bridgehead atoms. The summed E-state index contributed by atoms with van der Waals surface area (Å²) in [7, 11) is 1.63. The highest BCUT2D eigenvalue weighted by Gasteiger charge is 2.00. The molecule has 2 aromatic rings. The molecule has 0 heterocycles. The van der Waals surface area contributed by atoms with Gasteiger partial charge in [-0.05, 0) is 42.5 Å². The number of rotatable bonds is 3. The maximum absolute atomic E-state index is 5.67. The Morgan fingerprint density at radius 3 is 2.12 bits per heavy atom. The molecule has 0 amide bonds. The molecule has 0 aliphatic rings. The van der Waals surface area contributed by atoms with Gasteiger partial charge < -0.3 is 15.2 Å². The summed E-state index contributed by atoms with van der Waals surface area (Å²) in [6, 6.07) is 12.7. The number of anilines is 1. The SMILES string of the molecule is COc1ccc(Oc2ccc(N)c(S)c2)cc1. The van der Waals surface area contributed by atoms with Crippen molar-refractivity contribution in [3.63, 3.8) is 0 Å². The summed E-state index contributed by atoms with van der Waals surface area (Å²) >= 11 is 4.24.